The van der Waals surface area contributed by atoms with Gasteiger partial charge in [0, 0.05) is 19.1 Å². The lowest BCUT2D eigenvalue weighted by atomic mass is 10.3. The first-order valence-corrected chi connectivity index (χ1v) is 6.34. The van der Waals surface area contributed by atoms with Crippen LogP contribution < -0.4 is 5.32 Å². The second-order valence-corrected chi connectivity index (χ2v) is 4.35. The smallest absolute Gasteiger partial charge is 0.242 e. The van der Waals surface area contributed by atoms with Gasteiger partial charge in [0.25, 0.3) is 0 Å². The molecule has 0 saturated heterocycles. The van der Waals surface area contributed by atoms with Crippen LogP contribution in [0.4, 0.5) is 0 Å². The van der Waals surface area contributed by atoms with Gasteiger partial charge in [0.1, 0.15) is 6.61 Å². The molecule has 17 heavy (non-hydrogen) atoms. The predicted octanol–water partition coefficient (Wildman–Crippen LogP) is 1.93. The molecule has 0 radical (unpaired) electrons. The number of rotatable bonds is 9. The van der Waals surface area contributed by atoms with Crippen LogP contribution in [0, 0.1) is 0 Å². The molecule has 0 unspecified atom stereocenters. The lowest BCUT2D eigenvalue weighted by Crippen LogP contribution is -2.23. The maximum absolute atomic E-state index is 5.46. The minimum absolute atomic E-state index is 0.422. The zero-order valence-corrected chi connectivity index (χ0v) is 11.0. The summed E-state index contributed by atoms with van der Waals surface area (Å²) >= 11 is 0. The Bertz CT molecular complexity index is 300. The fraction of sp³-hybridized carbons (Fsp3) is 0.833. The number of hydrogen-bond acceptors (Lipinski definition) is 5. The van der Waals surface area contributed by atoms with Crippen LogP contribution in [0.5, 0.6) is 0 Å². The van der Waals surface area contributed by atoms with Gasteiger partial charge >= 0.3 is 0 Å². The lowest BCUT2D eigenvalue weighted by Gasteiger charge is -2.05. The second-order valence-electron chi connectivity index (χ2n) is 4.35. The molecule has 0 atom stereocenters. The van der Waals surface area contributed by atoms with Gasteiger partial charge in [0.05, 0.1) is 0 Å². The highest BCUT2D eigenvalue weighted by Crippen LogP contribution is 2.04. The highest BCUT2D eigenvalue weighted by atomic mass is 16.5. The lowest BCUT2D eigenvalue weighted by molar-refractivity contribution is 0.102. The zero-order chi connectivity index (χ0) is 12.5. The summed E-state index contributed by atoms with van der Waals surface area (Å²) in [6, 6.07) is 0.524. The molecule has 1 aromatic rings. The van der Waals surface area contributed by atoms with Gasteiger partial charge in [-0.25, -0.2) is 0 Å². The third kappa shape index (κ3) is 6.38. The Labute approximate surface area is 103 Å². The van der Waals surface area contributed by atoms with E-state index in [2.05, 4.69) is 36.3 Å². The van der Waals surface area contributed by atoms with Gasteiger partial charge in [-0.15, -0.1) is 10.2 Å². The van der Waals surface area contributed by atoms with Gasteiger partial charge in [-0.1, -0.05) is 20.8 Å². The van der Waals surface area contributed by atoms with E-state index >= 15 is 0 Å². The minimum atomic E-state index is 0.422. The van der Waals surface area contributed by atoms with Gasteiger partial charge in [-0.2, -0.15) is 0 Å². The van der Waals surface area contributed by atoms with Crippen LogP contribution in [0.3, 0.4) is 0 Å². The van der Waals surface area contributed by atoms with Crippen molar-refractivity contribution in [1.29, 1.82) is 0 Å². The Hall–Kier alpha value is -0.940. The number of nitrogens with zero attached hydrogens (tertiary/aromatic N) is 2. The van der Waals surface area contributed by atoms with Crippen LogP contribution in [0.1, 0.15) is 45.4 Å². The molecule has 5 heteroatoms. The summed E-state index contributed by atoms with van der Waals surface area (Å²) in [4.78, 5) is 0. The molecular weight excluding hydrogens is 218 g/mol. The highest BCUT2D eigenvalue weighted by molar-refractivity contribution is 4.80. The molecule has 0 bridgehead atoms. The Balaban J connectivity index is 2.16. The van der Waals surface area contributed by atoms with Gasteiger partial charge in [-0.3, -0.25) is 0 Å². The quantitative estimate of drug-likeness (QED) is 0.669. The maximum Gasteiger partial charge on any atom is 0.242 e. The van der Waals surface area contributed by atoms with Crippen molar-refractivity contribution < 1.29 is 9.15 Å². The largest absolute Gasteiger partial charge is 0.423 e. The fourth-order valence-electron chi connectivity index (χ4n) is 1.38. The molecular formula is C12H23N3O2. The molecule has 0 aliphatic carbocycles. The van der Waals surface area contributed by atoms with Gasteiger partial charge in [0.15, 0.2) is 0 Å². The van der Waals surface area contributed by atoms with Crippen LogP contribution >= 0.6 is 0 Å². The third-order valence-corrected chi connectivity index (χ3v) is 2.20. The summed E-state index contributed by atoms with van der Waals surface area (Å²) in [6.45, 7) is 8.47. The standard InChI is InChI=1S/C12H23N3O2/c1-4-8-16-9-12-15-14-11(17-12)6-5-7-13-10(2)3/h10,13H,4-9H2,1-3H3. The summed E-state index contributed by atoms with van der Waals surface area (Å²) in [5.74, 6) is 1.27. The summed E-state index contributed by atoms with van der Waals surface area (Å²) in [7, 11) is 0. The van der Waals surface area contributed by atoms with Crippen LogP contribution in [-0.4, -0.2) is 29.4 Å². The third-order valence-electron chi connectivity index (χ3n) is 2.20. The molecule has 1 heterocycles. The van der Waals surface area contributed by atoms with E-state index < -0.39 is 0 Å². The first-order valence-electron chi connectivity index (χ1n) is 6.34. The van der Waals surface area contributed by atoms with Crippen LogP contribution in [-0.2, 0) is 17.8 Å². The number of hydrogen-bond donors (Lipinski definition) is 1. The molecule has 5 nitrogen and oxygen atoms in total. The Morgan fingerprint density at radius 1 is 1.29 bits per heavy atom. The molecule has 0 saturated carbocycles. The molecule has 0 fully saturated rings. The number of nitrogens with one attached hydrogen (secondary N) is 1. The minimum Gasteiger partial charge on any atom is -0.423 e. The van der Waals surface area contributed by atoms with E-state index in [1.165, 1.54) is 0 Å². The van der Waals surface area contributed by atoms with E-state index in [1.807, 2.05) is 0 Å². The normalized spacial score (nSPS) is 11.3. The van der Waals surface area contributed by atoms with Crippen molar-refractivity contribution >= 4 is 0 Å². The first kappa shape index (κ1) is 14.1. The van der Waals surface area contributed by atoms with Gasteiger partial charge in [-0.05, 0) is 19.4 Å². The van der Waals surface area contributed by atoms with Crippen molar-refractivity contribution in [3.05, 3.63) is 11.8 Å². The van der Waals surface area contributed by atoms with Crippen LogP contribution in [0.15, 0.2) is 4.42 Å². The van der Waals surface area contributed by atoms with Gasteiger partial charge in [0.2, 0.25) is 11.8 Å². The summed E-state index contributed by atoms with van der Waals surface area (Å²) in [5, 5.41) is 11.3. The van der Waals surface area contributed by atoms with Crippen LogP contribution in [0.2, 0.25) is 0 Å². The molecule has 1 rings (SSSR count). The topological polar surface area (TPSA) is 60.2 Å². The zero-order valence-electron chi connectivity index (χ0n) is 11.0. The first-order chi connectivity index (χ1) is 8.22. The Morgan fingerprint density at radius 2 is 2.06 bits per heavy atom. The maximum atomic E-state index is 5.46. The summed E-state index contributed by atoms with van der Waals surface area (Å²) in [5.41, 5.74) is 0. The van der Waals surface area contributed by atoms with Crippen LogP contribution in [0.25, 0.3) is 0 Å². The van der Waals surface area contributed by atoms with Crippen molar-refractivity contribution in [2.75, 3.05) is 13.2 Å². The molecule has 1 aromatic heterocycles. The number of ether oxygens (including phenoxy) is 1. The van der Waals surface area contributed by atoms with E-state index in [-0.39, 0.29) is 0 Å². The molecule has 0 aromatic carbocycles. The van der Waals surface area contributed by atoms with Gasteiger partial charge < -0.3 is 14.5 Å². The fourth-order valence-corrected chi connectivity index (χ4v) is 1.38. The van der Waals surface area contributed by atoms with E-state index in [1.54, 1.807) is 0 Å². The van der Waals surface area contributed by atoms with E-state index in [0.29, 0.717) is 24.4 Å². The second kappa shape index (κ2) is 8.20. The Kier molecular flexibility index (Phi) is 6.81. The predicted molar refractivity (Wildman–Crippen MR) is 65.7 cm³/mol. The molecule has 0 aliphatic rings. The highest BCUT2D eigenvalue weighted by Gasteiger charge is 2.05. The molecule has 1 N–H and O–H groups in total. The van der Waals surface area contributed by atoms with Crippen molar-refractivity contribution in [2.24, 2.45) is 0 Å². The summed E-state index contributed by atoms with van der Waals surface area (Å²) in [6.07, 6.45) is 2.83. The molecule has 0 aliphatic heterocycles. The average Bonchev–Trinajstić information content (AvgIpc) is 2.73. The SMILES string of the molecule is CCCOCc1nnc(CCCNC(C)C)o1. The molecule has 0 spiro atoms. The average molecular weight is 241 g/mol. The van der Waals surface area contributed by atoms with Crippen molar-refractivity contribution in [2.45, 2.75) is 52.7 Å². The Morgan fingerprint density at radius 3 is 2.76 bits per heavy atom. The number of aromatic nitrogens is 2. The van der Waals surface area contributed by atoms with Crippen molar-refractivity contribution in [3.63, 3.8) is 0 Å². The monoisotopic (exact) mass is 241 g/mol. The van der Waals surface area contributed by atoms with Crippen molar-refractivity contribution in [3.8, 4) is 0 Å². The summed E-state index contributed by atoms with van der Waals surface area (Å²) < 4.78 is 10.8. The van der Waals surface area contributed by atoms with Crippen molar-refractivity contribution in [1.82, 2.24) is 15.5 Å². The molecule has 0 amide bonds. The number of aryl methyl sites for hydroxylation is 1. The van der Waals surface area contributed by atoms with E-state index in [4.69, 9.17) is 9.15 Å². The van der Waals surface area contributed by atoms with E-state index in [0.717, 1.165) is 32.4 Å². The molecule has 98 valence electrons. The van der Waals surface area contributed by atoms with E-state index in [9.17, 15) is 0 Å².